The normalized spacial score (nSPS) is 15.5. The molecule has 1 aliphatic heterocycles. The van der Waals surface area contributed by atoms with E-state index < -0.39 is 23.6 Å². The number of nitrogens with zero attached hydrogens (tertiary/aromatic N) is 1. The monoisotopic (exact) mass is 487 g/mol. The maximum atomic E-state index is 13.9. The van der Waals surface area contributed by atoms with Crippen molar-refractivity contribution in [2.45, 2.75) is 32.0 Å². The molecule has 2 heterocycles. The molecule has 7 nitrogen and oxygen atoms in total. The molecule has 4 N–H and O–H groups in total. The second-order valence-corrected chi connectivity index (χ2v) is 7.43. The largest absolute Gasteiger partial charge is 0.478 e. The zero-order valence-electron chi connectivity index (χ0n) is 18.0. The van der Waals surface area contributed by atoms with Crippen molar-refractivity contribution in [2.24, 2.45) is 5.73 Å². The Kier molecular flexibility index (Phi) is 8.70. The highest BCUT2D eigenvalue weighted by molar-refractivity contribution is 5.94. The second kappa shape index (κ2) is 10.9. The van der Waals surface area contributed by atoms with Gasteiger partial charge in [-0.15, -0.1) is 12.4 Å². The molecule has 0 amide bonds. The summed E-state index contributed by atoms with van der Waals surface area (Å²) < 4.78 is 52.9. The zero-order chi connectivity index (χ0) is 23.5. The van der Waals surface area contributed by atoms with Crippen molar-refractivity contribution in [3.8, 4) is 5.88 Å². The van der Waals surface area contributed by atoms with Gasteiger partial charge in [-0.1, -0.05) is 18.2 Å². The van der Waals surface area contributed by atoms with Crippen molar-refractivity contribution in [3.63, 3.8) is 0 Å². The quantitative estimate of drug-likeness (QED) is 0.479. The van der Waals surface area contributed by atoms with E-state index in [-0.39, 0.29) is 66.5 Å². The minimum Gasteiger partial charge on any atom is -0.478 e. The van der Waals surface area contributed by atoms with Gasteiger partial charge < -0.3 is 25.6 Å². The molecule has 0 bridgehead atoms. The maximum absolute atomic E-state index is 13.9. The van der Waals surface area contributed by atoms with Gasteiger partial charge in [-0.05, 0) is 31.5 Å². The number of benzene rings is 1. The van der Waals surface area contributed by atoms with E-state index >= 15 is 0 Å². The van der Waals surface area contributed by atoms with Crippen LogP contribution in [-0.4, -0.2) is 41.9 Å². The molecule has 11 heteroatoms. The highest BCUT2D eigenvalue weighted by atomic mass is 35.5. The van der Waals surface area contributed by atoms with Crippen LogP contribution in [0.25, 0.3) is 0 Å². The SMILES string of the molecule is CC(C)Oc1nccc2c1C(c1ccccc1C(F)(F)F)C(C(=O)O)=C(COCCN)N2.Cl. The first-order valence-corrected chi connectivity index (χ1v) is 9.98. The number of carbonyl (C=O) groups is 1. The molecule has 180 valence electrons. The third-order valence-corrected chi connectivity index (χ3v) is 4.81. The minimum absolute atomic E-state index is 0. The predicted octanol–water partition coefficient (Wildman–Crippen LogP) is 4.18. The number of ether oxygens (including phenoxy) is 2. The summed E-state index contributed by atoms with van der Waals surface area (Å²) in [5, 5.41) is 13.1. The summed E-state index contributed by atoms with van der Waals surface area (Å²) in [4.78, 5) is 16.6. The standard InChI is InChI=1S/C22H24F3N3O4.ClH/c1-12(2)32-20-18-15(7-9-27-20)28-16(11-31-10-8-26)19(21(29)30)17(18)13-5-3-4-6-14(13)22(23,24)25;/h3-7,9,12,17,28H,8,10-11,26H2,1-2H3,(H,29,30);1H. The number of hydrogen-bond acceptors (Lipinski definition) is 6. The van der Waals surface area contributed by atoms with Crippen LogP contribution in [-0.2, 0) is 15.7 Å². The first kappa shape index (κ1) is 26.4. The fraction of sp³-hybridized carbons (Fsp3) is 0.364. The Hall–Kier alpha value is -2.82. The molecule has 1 atom stereocenters. The molecule has 3 rings (SSSR count). The van der Waals surface area contributed by atoms with Crippen LogP contribution in [0.5, 0.6) is 5.88 Å². The number of halogens is 4. The van der Waals surface area contributed by atoms with Crippen LogP contribution in [0.15, 0.2) is 47.8 Å². The maximum Gasteiger partial charge on any atom is 0.416 e. The Morgan fingerprint density at radius 2 is 1.97 bits per heavy atom. The number of aromatic nitrogens is 1. The average Bonchev–Trinajstić information content (AvgIpc) is 2.72. The van der Waals surface area contributed by atoms with Gasteiger partial charge in [0.1, 0.15) is 0 Å². The summed E-state index contributed by atoms with van der Waals surface area (Å²) in [6.07, 6.45) is -3.58. The molecule has 1 aliphatic rings. The molecule has 2 aromatic rings. The fourth-order valence-corrected chi connectivity index (χ4v) is 3.65. The van der Waals surface area contributed by atoms with Crippen LogP contribution in [0.3, 0.4) is 0 Å². The highest BCUT2D eigenvalue weighted by Gasteiger charge is 2.42. The number of nitrogens with two attached hydrogens (primary N) is 1. The lowest BCUT2D eigenvalue weighted by molar-refractivity contribution is -0.139. The van der Waals surface area contributed by atoms with E-state index in [0.717, 1.165) is 6.07 Å². The number of pyridine rings is 1. The summed E-state index contributed by atoms with van der Waals surface area (Å²) in [6, 6.07) is 6.47. The molecule has 33 heavy (non-hydrogen) atoms. The van der Waals surface area contributed by atoms with Crippen LogP contribution >= 0.6 is 12.4 Å². The van der Waals surface area contributed by atoms with Gasteiger partial charge >= 0.3 is 12.1 Å². The van der Waals surface area contributed by atoms with Crippen molar-refractivity contribution in [2.75, 3.05) is 25.1 Å². The van der Waals surface area contributed by atoms with Crippen LogP contribution in [0.2, 0.25) is 0 Å². The number of carboxylic acid groups (broad SMARTS) is 1. The Labute approximate surface area is 195 Å². The van der Waals surface area contributed by atoms with Gasteiger partial charge in [-0.2, -0.15) is 13.2 Å². The molecule has 0 saturated heterocycles. The minimum atomic E-state index is -4.69. The first-order chi connectivity index (χ1) is 15.1. The first-order valence-electron chi connectivity index (χ1n) is 9.98. The Morgan fingerprint density at radius 1 is 1.27 bits per heavy atom. The molecule has 0 fully saturated rings. The van der Waals surface area contributed by atoms with Crippen molar-refractivity contribution in [1.29, 1.82) is 0 Å². The third-order valence-electron chi connectivity index (χ3n) is 4.81. The lowest BCUT2D eigenvalue weighted by Crippen LogP contribution is -2.29. The van der Waals surface area contributed by atoms with Gasteiger partial charge in [-0.25, -0.2) is 9.78 Å². The lowest BCUT2D eigenvalue weighted by Gasteiger charge is -2.32. The number of nitrogens with one attached hydrogen (secondary N) is 1. The van der Waals surface area contributed by atoms with Crippen LogP contribution in [0, 0.1) is 0 Å². The molecule has 0 aliphatic carbocycles. The van der Waals surface area contributed by atoms with Crippen molar-refractivity contribution in [1.82, 2.24) is 4.98 Å². The van der Waals surface area contributed by atoms with Gasteiger partial charge in [0.25, 0.3) is 0 Å². The van der Waals surface area contributed by atoms with Crippen molar-refractivity contribution >= 4 is 24.1 Å². The molecule has 1 unspecified atom stereocenters. The van der Waals surface area contributed by atoms with Gasteiger partial charge in [0, 0.05) is 24.0 Å². The number of fused-ring (bicyclic) bond motifs is 1. The molecule has 0 radical (unpaired) electrons. The predicted molar refractivity (Wildman–Crippen MR) is 119 cm³/mol. The fourth-order valence-electron chi connectivity index (χ4n) is 3.65. The van der Waals surface area contributed by atoms with Crippen molar-refractivity contribution in [3.05, 3.63) is 64.5 Å². The lowest BCUT2D eigenvalue weighted by atomic mass is 9.79. The van der Waals surface area contributed by atoms with Gasteiger partial charge in [0.2, 0.25) is 5.88 Å². The van der Waals surface area contributed by atoms with E-state index in [4.69, 9.17) is 15.2 Å². The summed E-state index contributed by atoms with van der Waals surface area (Å²) in [5.74, 6) is -2.61. The number of alkyl halides is 3. The number of aliphatic carboxylic acids is 1. The molecular weight excluding hydrogens is 463 g/mol. The summed E-state index contributed by atoms with van der Waals surface area (Å²) in [5.41, 5.74) is 4.79. The van der Waals surface area contributed by atoms with E-state index in [0.29, 0.717) is 5.69 Å². The van der Waals surface area contributed by atoms with E-state index in [2.05, 4.69) is 10.3 Å². The molecule has 1 aromatic heterocycles. The highest BCUT2D eigenvalue weighted by Crippen LogP contribution is 2.48. The number of anilines is 1. The molecule has 0 saturated carbocycles. The average molecular weight is 488 g/mol. The van der Waals surface area contributed by atoms with Crippen LogP contribution in [0.1, 0.15) is 36.5 Å². The molecule has 1 aromatic carbocycles. The Morgan fingerprint density at radius 3 is 2.58 bits per heavy atom. The molecule has 0 spiro atoms. The van der Waals surface area contributed by atoms with Gasteiger partial charge in [0.05, 0.1) is 42.1 Å². The molecular formula is C22H25ClF3N3O4. The van der Waals surface area contributed by atoms with Gasteiger partial charge in [-0.3, -0.25) is 0 Å². The van der Waals surface area contributed by atoms with Crippen molar-refractivity contribution < 1.29 is 32.5 Å². The number of rotatable bonds is 8. The third kappa shape index (κ3) is 5.76. The number of carboxylic acids is 1. The summed E-state index contributed by atoms with van der Waals surface area (Å²) in [6.45, 7) is 3.70. The van der Waals surface area contributed by atoms with E-state index in [1.807, 2.05) is 0 Å². The van der Waals surface area contributed by atoms with E-state index in [1.54, 1.807) is 19.9 Å². The van der Waals surface area contributed by atoms with Gasteiger partial charge in [0.15, 0.2) is 0 Å². The summed E-state index contributed by atoms with van der Waals surface area (Å²) >= 11 is 0. The Balaban J connectivity index is 0.00000385. The van der Waals surface area contributed by atoms with E-state index in [9.17, 15) is 23.1 Å². The summed E-state index contributed by atoms with van der Waals surface area (Å²) in [7, 11) is 0. The smallest absolute Gasteiger partial charge is 0.416 e. The topological polar surface area (TPSA) is 107 Å². The Bertz CT molecular complexity index is 1030. The zero-order valence-corrected chi connectivity index (χ0v) is 18.8. The van der Waals surface area contributed by atoms with Crippen LogP contribution in [0.4, 0.5) is 18.9 Å². The second-order valence-electron chi connectivity index (χ2n) is 7.43. The van der Waals surface area contributed by atoms with Crippen LogP contribution < -0.4 is 15.8 Å². The van der Waals surface area contributed by atoms with E-state index in [1.165, 1.54) is 24.4 Å². The number of hydrogen-bond donors (Lipinski definition) is 3.